The van der Waals surface area contributed by atoms with Crippen molar-refractivity contribution in [3.8, 4) is 5.75 Å². The van der Waals surface area contributed by atoms with Crippen LogP contribution in [0.3, 0.4) is 0 Å². The normalized spacial score (nSPS) is 14.1. The number of carbonyl (C=O) groups excluding carboxylic acids is 4. The third kappa shape index (κ3) is 6.65. The van der Waals surface area contributed by atoms with Gasteiger partial charge in [0.15, 0.2) is 6.61 Å². The lowest BCUT2D eigenvalue weighted by Gasteiger charge is -2.13. The molecule has 3 aromatic rings. The number of anilines is 2. The Hall–Kier alpha value is -4.37. The summed E-state index contributed by atoms with van der Waals surface area (Å²) in [4.78, 5) is 51.2. The molecule has 188 valence electrons. The third-order valence-corrected chi connectivity index (χ3v) is 6.36. The monoisotopic (exact) mass is 515 g/mol. The van der Waals surface area contributed by atoms with Crippen LogP contribution in [0.2, 0.25) is 0 Å². The number of thioether (sulfide) groups is 1. The van der Waals surface area contributed by atoms with E-state index in [0.717, 1.165) is 27.8 Å². The Morgan fingerprint density at radius 2 is 1.65 bits per heavy atom. The first kappa shape index (κ1) is 25.7. The predicted molar refractivity (Wildman–Crippen MR) is 144 cm³/mol. The van der Waals surface area contributed by atoms with Crippen molar-refractivity contribution in [2.75, 3.05) is 23.8 Å². The molecule has 1 saturated heterocycles. The van der Waals surface area contributed by atoms with Crippen LogP contribution < -0.4 is 15.4 Å². The highest BCUT2D eigenvalue weighted by molar-refractivity contribution is 8.18. The lowest BCUT2D eigenvalue weighted by atomic mass is 10.1. The molecule has 4 amide bonds. The summed E-state index contributed by atoms with van der Waals surface area (Å²) in [5.74, 6) is -0.993. The molecular formula is C28H25N3O5S. The van der Waals surface area contributed by atoms with E-state index in [1.165, 1.54) is 6.08 Å². The van der Waals surface area contributed by atoms with E-state index >= 15 is 0 Å². The Morgan fingerprint density at radius 3 is 2.41 bits per heavy atom. The largest absolute Gasteiger partial charge is 0.483 e. The van der Waals surface area contributed by atoms with Crippen LogP contribution in [0.4, 0.5) is 16.2 Å². The Labute approximate surface area is 218 Å². The zero-order valence-corrected chi connectivity index (χ0v) is 21.1. The zero-order valence-electron chi connectivity index (χ0n) is 20.3. The van der Waals surface area contributed by atoms with Gasteiger partial charge in [-0.1, -0.05) is 54.1 Å². The third-order valence-electron chi connectivity index (χ3n) is 5.45. The Morgan fingerprint density at radius 1 is 0.919 bits per heavy atom. The maximum Gasteiger partial charge on any atom is 0.294 e. The van der Waals surface area contributed by atoms with E-state index in [2.05, 4.69) is 10.6 Å². The molecule has 0 saturated carbocycles. The molecule has 1 aliphatic rings. The molecular weight excluding hydrogens is 490 g/mol. The van der Waals surface area contributed by atoms with Crippen LogP contribution >= 0.6 is 11.8 Å². The van der Waals surface area contributed by atoms with E-state index < -0.39 is 23.6 Å². The van der Waals surface area contributed by atoms with Crippen molar-refractivity contribution in [2.24, 2.45) is 0 Å². The number of benzene rings is 3. The number of ether oxygens (including phenoxy) is 1. The highest BCUT2D eigenvalue weighted by Crippen LogP contribution is 2.34. The van der Waals surface area contributed by atoms with Crippen molar-refractivity contribution in [3.05, 3.63) is 94.4 Å². The summed E-state index contributed by atoms with van der Waals surface area (Å²) in [7, 11) is 0. The molecule has 37 heavy (non-hydrogen) atoms. The van der Waals surface area contributed by atoms with Gasteiger partial charge < -0.3 is 15.4 Å². The second kappa shape index (κ2) is 11.6. The van der Waals surface area contributed by atoms with Crippen molar-refractivity contribution < 1.29 is 23.9 Å². The first-order chi connectivity index (χ1) is 17.8. The number of imide groups is 1. The molecule has 1 heterocycles. The van der Waals surface area contributed by atoms with Crippen molar-refractivity contribution in [2.45, 2.75) is 13.8 Å². The van der Waals surface area contributed by atoms with Gasteiger partial charge in [-0.05, 0) is 61.5 Å². The second-order valence-electron chi connectivity index (χ2n) is 8.38. The fourth-order valence-corrected chi connectivity index (χ4v) is 4.49. The fraction of sp³-hybridized carbons (Fsp3) is 0.143. The Kier molecular flexibility index (Phi) is 8.05. The maximum absolute atomic E-state index is 12.9. The molecule has 0 unspecified atom stereocenters. The molecule has 2 N–H and O–H groups in total. The molecule has 0 bridgehead atoms. The number of rotatable bonds is 8. The van der Waals surface area contributed by atoms with E-state index in [0.29, 0.717) is 22.7 Å². The van der Waals surface area contributed by atoms with Gasteiger partial charge in [0.05, 0.1) is 4.91 Å². The van der Waals surface area contributed by atoms with E-state index in [9.17, 15) is 19.2 Å². The minimum absolute atomic E-state index is 0.160. The highest BCUT2D eigenvalue weighted by atomic mass is 32.2. The van der Waals surface area contributed by atoms with Crippen LogP contribution in [-0.4, -0.2) is 41.0 Å². The first-order valence-corrected chi connectivity index (χ1v) is 12.3. The van der Waals surface area contributed by atoms with Crippen LogP contribution in [0.15, 0.2) is 77.7 Å². The molecule has 1 fully saturated rings. The standard InChI is InChI=1S/C28H25N3O5S/c1-18-12-13-22(19(2)14-18)30-26(33)17-36-23-11-7-6-8-20(23)15-24-27(34)31(28(35)37-24)16-25(32)29-21-9-4-3-5-10-21/h3-15H,16-17H2,1-2H3,(H,29,32)(H,30,33)/b24-15-. The van der Waals surface area contributed by atoms with Crippen LogP contribution in [0.5, 0.6) is 5.75 Å². The number of amides is 4. The van der Waals surface area contributed by atoms with E-state index in [4.69, 9.17) is 4.74 Å². The van der Waals surface area contributed by atoms with Crippen LogP contribution in [0.25, 0.3) is 6.08 Å². The van der Waals surface area contributed by atoms with Gasteiger partial charge in [-0.25, -0.2) is 0 Å². The van der Waals surface area contributed by atoms with Crippen LogP contribution in [-0.2, 0) is 14.4 Å². The predicted octanol–water partition coefficient (Wildman–Crippen LogP) is 5.00. The molecule has 0 spiro atoms. The number of hydrogen-bond acceptors (Lipinski definition) is 6. The minimum atomic E-state index is -0.569. The summed E-state index contributed by atoms with van der Waals surface area (Å²) in [6, 6.07) is 21.4. The van der Waals surface area contributed by atoms with Gasteiger partial charge in [-0.15, -0.1) is 0 Å². The van der Waals surface area contributed by atoms with Gasteiger partial charge in [0.1, 0.15) is 12.3 Å². The Balaban J connectivity index is 1.40. The zero-order chi connectivity index (χ0) is 26.4. The molecule has 0 radical (unpaired) electrons. The number of nitrogens with zero attached hydrogens (tertiary/aromatic N) is 1. The smallest absolute Gasteiger partial charge is 0.294 e. The molecule has 4 rings (SSSR count). The first-order valence-electron chi connectivity index (χ1n) is 11.5. The van der Waals surface area contributed by atoms with Crippen molar-refractivity contribution in [1.29, 1.82) is 0 Å². The van der Waals surface area contributed by atoms with E-state index in [-0.39, 0.29) is 17.4 Å². The maximum atomic E-state index is 12.9. The summed E-state index contributed by atoms with van der Waals surface area (Å²) in [5.41, 5.74) is 3.85. The number of nitrogens with one attached hydrogen (secondary N) is 2. The summed E-state index contributed by atoms with van der Waals surface area (Å²) < 4.78 is 5.73. The van der Waals surface area contributed by atoms with Gasteiger partial charge in [-0.3, -0.25) is 24.1 Å². The number of para-hydroxylation sites is 2. The lowest BCUT2D eigenvalue weighted by molar-refractivity contribution is -0.127. The van der Waals surface area contributed by atoms with Crippen molar-refractivity contribution in [3.63, 3.8) is 0 Å². The van der Waals surface area contributed by atoms with Crippen molar-refractivity contribution in [1.82, 2.24) is 4.90 Å². The molecule has 0 aliphatic carbocycles. The average Bonchev–Trinajstić information content (AvgIpc) is 3.13. The Bertz CT molecular complexity index is 1390. The topological polar surface area (TPSA) is 105 Å². The van der Waals surface area contributed by atoms with Gasteiger partial charge in [0.25, 0.3) is 17.1 Å². The van der Waals surface area contributed by atoms with Gasteiger partial charge in [0, 0.05) is 16.9 Å². The number of hydrogen-bond donors (Lipinski definition) is 2. The van der Waals surface area contributed by atoms with Crippen LogP contribution in [0.1, 0.15) is 16.7 Å². The molecule has 1 aliphatic heterocycles. The van der Waals surface area contributed by atoms with Crippen LogP contribution in [0, 0.1) is 13.8 Å². The second-order valence-corrected chi connectivity index (χ2v) is 9.37. The van der Waals surface area contributed by atoms with Gasteiger partial charge in [-0.2, -0.15) is 0 Å². The van der Waals surface area contributed by atoms with E-state index in [1.54, 1.807) is 48.5 Å². The average molecular weight is 516 g/mol. The van der Waals surface area contributed by atoms with Gasteiger partial charge in [0.2, 0.25) is 5.91 Å². The molecule has 3 aromatic carbocycles. The minimum Gasteiger partial charge on any atom is -0.483 e. The highest BCUT2D eigenvalue weighted by Gasteiger charge is 2.36. The van der Waals surface area contributed by atoms with Gasteiger partial charge >= 0.3 is 0 Å². The summed E-state index contributed by atoms with van der Waals surface area (Å²) in [6.45, 7) is 3.26. The SMILES string of the molecule is Cc1ccc(NC(=O)COc2ccccc2/C=C2\SC(=O)N(CC(=O)Nc3ccccc3)C2=O)c(C)c1. The molecule has 0 atom stereocenters. The quantitative estimate of drug-likeness (QED) is 0.409. The number of carbonyl (C=O) groups is 4. The summed E-state index contributed by atoms with van der Waals surface area (Å²) in [6.07, 6.45) is 1.53. The lowest BCUT2D eigenvalue weighted by Crippen LogP contribution is -2.36. The molecule has 0 aromatic heterocycles. The molecule has 9 heteroatoms. The number of aryl methyl sites for hydroxylation is 2. The fourth-order valence-electron chi connectivity index (χ4n) is 3.66. The van der Waals surface area contributed by atoms with E-state index in [1.807, 2.05) is 38.1 Å². The summed E-state index contributed by atoms with van der Waals surface area (Å²) in [5, 5.41) is 4.95. The summed E-state index contributed by atoms with van der Waals surface area (Å²) >= 11 is 0.746. The van der Waals surface area contributed by atoms with Crippen molar-refractivity contribution >= 4 is 52.2 Å². The molecule has 8 nitrogen and oxygen atoms in total.